The van der Waals surface area contributed by atoms with Crippen LogP contribution >= 0.6 is 0 Å². The van der Waals surface area contributed by atoms with Crippen LogP contribution in [0, 0.1) is 0 Å². The number of hydrogen-bond acceptors (Lipinski definition) is 8. The highest BCUT2D eigenvalue weighted by Crippen LogP contribution is 2.41. The first-order valence-corrected chi connectivity index (χ1v) is 11.5. The van der Waals surface area contributed by atoms with E-state index in [0.29, 0.717) is 50.0 Å². The maximum Gasteiger partial charge on any atom is 0.290 e. The van der Waals surface area contributed by atoms with E-state index in [9.17, 15) is 14.7 Å². The van der Waals surface area contributed by atoms with Crippen LogP contribution < -0.4 is 9.47 Å². The van der Waals surface area contributed by atoms with Crippen molar-refractivity contribution in [2.45, 2.75) is 19.4 Å². The molecule has 0 unspecified atom stereocenters. The molecule has 3 heterocycles. The largest absolute Gasteiger partial charge is 0.503 e. The molecule has 2 aromatic rings. The minimum absolute atomic E-state index is 0.00814. The van der Waals surface area contributed by atoms with Gasteiger partial charge in [-0.3, -0.25) is 14.5 Å². The molecule has 9 heteroatoms. The molecule has 2 aliphatic heterocycles. The van der Waals surface area contributed by atoms with Crippen molar-refractivity contribution < 1.29 is 33.3 Å². The number of Topliss-reactive ketones (excluding diaryl/α,β-unsaturated/α-hetero) is 1. The molecule has 4 rings (SSSR count). The molecule has 1 aromatic carbocycles. The van der Waals surface area contributed by atoms with Crippen molar-refractivity contribution >= 4 is 11.7 Å². The second-order valence-electron chi connectivity index (χ2n) is 8.18. The number of hydrogen-bond donors (Lipinski definition) is 1. The molecule has 1 saturated heterocycles. The molecule has 1 fully saturated rings. The van der Waals surface area contributed by atoms with Gasteiger partial charge in [0.05, 0.1) is 44.8 Å². The van der Waals surface area contributed by atoms with Crippen LogP contribution in [0.15, 0.2) is 52.3 Å². The number of aliphatic hydroxyl groups is 1. The van der Waals surface area contributed by atoms with Crippen molar-refractivity contribution in [2.24, 2.45) is 0 Å². The predicted octanol–water partition coefficient (Wildman–Crippen LogP) is 2.99. The van der Waals surface area contributed by atoms with Gasteiger partial charge < -0.3 is 28.6 Å². The summed E-state index contributed by atoms with van der Waals surface area (Å²) >= 11 is 0. The van der Waals surface area contributed by atoms with Crippen LogP contribution in [-0.2, 0) is 9.53 Å². The Morgan fingerprint density at radius 3 is 2.65 bits per heavy atom. The van der Waals surface area contributed by atoms with Crippen molar-refractivity contribution in [2.75, 3.05) is 53.1 Å². The lowest BCUT2D eigenvalue weighted by Crippen LogP contribution is -2.43. The number of methoxy groups -OCH3 is 1. The first-order valence-electron chi connectivity index (χ1n) is 11.5. The summed E-state index contributed by atoms with van der Waals surface area (Å²) in [5, 5.41) is 10.8. The summed E-state index contributed by atoms with van der Waals surface area (Å²) in [6, 6.07) is 7.62. The van der Waals surface area contributed by atoms with Crippen LogP contribution in [0.3, 0.4) is 0 Å². The normalized spacial score (nSPS) is 19.1. The van der Waals surface area contributed by atoms with Crippen molar-refractivity contribution in [3.05, 3.63) is 59.3 Å². The Hall–Kier alpha value is -3.30. The Kier molecular flexibility index (Phi) is 7.54. The Labute approximate surface area is 198 Å². The van der Waals surface area contributed by atoms with Gasteiger partial charge in [-0.05, 0) is 36.2 Å². The maximum atomic E-state index is 13.3. The molecule has 0 saturated carbocycles. The van der Waals surface area contributed by atoms with Crippen molar-refractivity contribution in [3.8, 4) is 11.5 Å². The van der Waals surface area contributed by atoms with Crippen LogP contribution in [0.4, 0.5) is 0 Å². The van der Waals surface area contributed by atoms with Gasteiger partial charge in [-0.1, -0.05) is 13.0 Å². The van der Waals surface area contributed by atoms with E-state index in [-0.39, 0.29) is 11.3 Å². The summed E-state index contributed by atoms with van der Waals surface area (Å²) in [6.45, 7) is 6.28. The lowest BCUT2D eigenvalue weighted by Gasteiger charge is -2.31. The minimum atomic E-state index is -0.791. The number of aliphatic hydroxyl groups excluding tert-OH is 1. The summed E-state index contributed by atoms with van der Waals surface area (Å²) in [6.07, 6.45) is 2.23. The van der Waals surface area contributed by atoms with E-state index in [4.69, 9.17) is 18.6 Å². The highest BCUT2D eigenvalue weighted by atomic mass is 16.5. The number of ether oxygens (including phenoxy) is 3. The van der Waals surface area contributed by atoms with Gasteiger partial charge in [0.25, 0.3) is 5.91 Å². The van der Waals surface area contributed by atoms with E-state index < -0.39 is 23.5 Å². The smallest absolute Gasteiger partial charge is 0.290 e. The molecule has 9 nitrogen and oxygen atoms in total. The third-order valence-electron chi connectivity index (χ3n) is 6.02. The molecule has 182 valence electrons. The molecule has 1 atom stereocenters. The second kappa shape index (κ2) is 10.8. The standard InChI is InChI=1S/C25H30N2O7/c1-3-12-33-18-7-6-17(16-20(18)31-2)22-21(23(28)19-5-4-13-34-19)24(29)25(30)27(22)9-8-26-10-14-32-15-11-26/h4-7,13,16,22,29H,3,8-12,14-15H2,1-2H3/t22-/m0/s1. The third-order valence-corrected chi connectivity index (χ3v) is 6.02. The number of furan rings is 1. The Morgan fingerprint density at radius 2 is 1.97 bits per heavy atom. The van der Waals surface area contributed by atoms with E-state index in [2.05, 4.69) is 4.90 Å². The number of carbonyl (C=O) groups excluding carboxylic acids is 2. The highest BCUT2D eigenvalue weighted by Gasteiger charge is 2.44. The topological polar surface area (TPSA) is 102 Å². The first kappa shape index (κ1) is 23.8. The molecule has 0 spiro atoms. The van der Waals surface area contributed by atoms with E-state index in [1.165, 1.54) is 24.3 Å². The summed E-state index contributed by atoms with van der Waals surface area (Å²) in [7, 11) is 1.54. The number of benzene rings is 1. The van der Waals surface area contributed by atoms with Gasteiger partial charge in [0, 0.05) is 26.2 Å². The average molecular weight is 471 g/mol. The molecule has 2 aliphatic rings. The van der Waals surface area contributed by atoms with Gasteiger partial charge in [-0.15, -0.1) is 0 Å². The molecule has 1 amide bonds. The quantitative estimate of drug-likeness (QED) is 0.529. The van der Waals surface area contributed by atoms with Crippen LogP contribution in [0.5, 0.6) is 11.5 Å². The molecule has 34 heavy (non-hydrogen) atoms. The zero-order valence-corrected chi connectivity index (χ0v) is 19.5. The van der Waals surface area contributed by atoms with Gasteiger partial charge in [-0.25, -0.2) is 0 Å². The Bertz CT molecular complexity index is 1040. The van der Waals surface area contributed by atoms with Gasteiger partial charge >= 0.3 is 0 Å². The fraction of sp³-hybridized carbons (Fsp3) is 0.440. The number of ketones is 1. The van der Waals surface area contributed by atoms with E-state index in [1.807, 2.05) is 6.92 Å². The molecular weight excluding hydrogens is 440 g/mol. The molecule has 0 aliphatic carbocycles. The van der Waals surface area contributed by atoms with Crippen LogP contribution in [0.1, 0.15) is 35.5 Å². The van der Waals surface area contributed by atoms with Crippen molar-refractivity contribution in [1.82, 2.24) is 9.80 Å². The zero-order chi connectivity index (χ0) is 24.1. The monoisotopic (exact) mass is 470 g/mol. The Balaban J connectivity index is 1.69. The highest BCUT2D eigenvalue weighted by molar-refractivity contribution is 6.15. The predicted molar refractivity (Wildman–Crippen MR) is 123 cm³/mol. The minimum Gasteiger partial charge on any atom is -0.503 e. The number of carbonyl (C=O) groups is 2. The van der Waals surface area contributed by atoms with Gasteiger partial charge in [-0.2, -0.15) is 0 Å². The average Bonchev–Trinajstić information content (AvgIpc) is 3.49. The summed E-state index contributed by atoms with van der Waals surface area (Å²) in [5.41, 5.74) is 0.626. The van der Waals surface area contributed by atoms with Crippen LogP contribution in [0.25, 0.3) is 0 Å². The number of amides is 1. The van der Waals surface area contributed by atoms with Crippen LogP contribution in [0.2, 0.25) is 0 Å². The fourth-order valence-electron chi connectivity index (χ4n) is 4.26. The van der Waals surface area contributed by atoms with E-state index in [0.717, 1.165) is 19.5 Å². The van der Waals surface area contributed by atoms with E-state index >= 15 is 0 Å². The van der Waals surface area contributed by atoms with Gasteiger partial charge in [0.2, 0.25) is 5.78 Å². The summed E-state index contributed by atoms with van der Waals surface area (Å²) in [4.78, 5) is 30.2. The lowest BCUT2D eigenvalue weighted by molar-refractivity contribution is -0.129. The van der Waals surface area contributed by atoms with Gasteiger partial charge in [0.15, 0.2) is 23.0 Å². The number of nitrogens with zero attached hydrogens (tertiary/aromatic N) is 2. The second-order valence-corrected chi connectivity index (χ2v) is 8.18. The molecule has 0 radical (unpaired) electrons. The number of morpholine rings is 1. The molecular formula is C25H30N2O7. The first-order chi connectivity index (χ1) is 16.5. The lowest BCUT2D eigenvalue weighted by atomic mass is 9.94. The fourth-order valence-corrected chi connectivity index (χ4v) is 4.26. The maximum absolute atomic E-state index is 13.3. The van der Waals surface area contributed by atoms with Crippen molar-refractivity contribution in [3.63, 3.8) is 0 Å². The third kappa shape index (κ3) is 4.80. The SMILES string of the molecule is CCCOc1ccc([C@H]2C(C(=O)c3ccco3)=C(O)C(=O)N2CCN2CCOCC2)cc1OC. The van der Waals surface area contributed by atoms with E-state index in [1.54, 1.807) is 24.3 Å². The molecule has 0 bridgehead atoms. The Morgan fingerprint density at radius 1 is 1.18 bits per heavy atom. The summed E-state index contributed by atoms with van der Waals surface area (Å²) in [5.74, 6) is -0.548. The number of rotatable bonds is 10. The van der Waals surface area contributed by atoms with Crippen LogP contribution in [-0.4, -0.2) is 79.7 Å². The molecule has 1 N–H and O–H groups in total. The summed E-state index contributed by atoms with van der Waals surface area (Å²) < 4.78 is 22.0. The van der Waals surface area contributed by atoms with Crippen molar-refractivity contribution in [1.29, 1.82) is 0 Å². The van der Waals surface area contributed by atoms with Gasteiger partial charge in [0.1, 0.15) is 0 Å². The zero-order valence-electron chi connectivity index (χ0n) is 19.5. The molecule has 1 aromatic heterocycles.